The largest absolute Gasteiger partial charge is 0.508 e. The van der Waals surface area contributed by atoms with Crippen molar-refractivity contribution in [1.82, 2.24) is 10.3 Å². The maximum atomic E-state index is 12.2. The molecule has 0 radical (unpaired) electrons. The molecule has 0 fully saturated rings. The van der Waals surface area contributed by atoms with Crippen molar-refractivity contribution in [2.75, 3.05) is 5.32 Å². The SMILES string of the molecule is CCC(C)NC(=O)c1cc(NC(=O)Cc2cc(Cl)ccc2O)ccn1. The highest BCUT2D eigenvalue weighted by Crippen LogP contribution is 2.22. The molecule has 0 bridgehead atoms. The Labute approximate surface area is 151 Å². The minimum absolute atomic E-state index is 0.00268. The molecule has 1 unspecified atom stereocenters. The first-order valence-corrected chi connectivity index (χ1v) is 8.31. The van der Waals surface area contributed by atoms with Gasteiger partial charge in [-0.3, -0.25) is 14.6 Å². The predicted octanol–water partition coefficient (Wildman–Crippen LogP) is 3.15. The summed E-state index contributed by atoms with van der Waals surface area (Å²) in [6.45, 7) is 3.88. The highest BCUT2D eigenvalue weighted by molar-refractivity contribution is 6.30. The molecule has 0 aliphatic carbocycles. The summed E-state index contributed by atoms with van der Waals surface area (Å²) >= 11 is 5.87. The molecule has 0 saturated heterocycles. The highest BCUT2D eigenvalue weighted by atomic mass is 35.5. The Morgan fingerprint density at radius 2 is 2.04 bits per heavy atom. The van der Waals surface area contributed by atoms with Crippen LogP contribution in [0.15, 0.2) is 36.5 Å². The number of anilines is 1. The van der Waals surface area contributed by atoms with Crippen molar-refractivity contribution in [2.45, 2.75) is 32.7 Å². The average molecular weight is 362 g/mol. The molecule has 1 atom stereocenters. The van der Waals surface area contributed by atoms with Crippen molar-refractivity contribution in [3.05, 3.63) is 52.8 Å². The number of aromatic hydroxyl groups is 1. The molecular formula is C18H20ClN3O3. The molecular weight excluding hydrogens is 342 g/mol. The minimum Gasteiger partial charge on any atom is -0.508 e. The maximum absolute atomic E-state index is 12.2. The number of rotatable bonds is 6. The molecule has 0 saturated carbocycles. The van der Waals surface area contributed by atoms with Crippen molar-refractivity contribution >= 4 is 29.1 Å². The molecule has 1 aromatic carbocycles. The number of pyridine rings is 1. The number of carbonyl (C=O) groups is 2. The Kier molecular flexibility index (Phi) is 6.36. The summed E-state index contributed by atoms with van der Waals surface area (Å²) in [6, 6.07) is 7.66. The van der Waals surface area contributed by atoms with Crippen LogP contribution in [0, 0.1) is 0 Å². The average Bonchev–Trinajstić information content (AvgIpc) is 2.58. The summed E-state index contributed by atoms with van der Waals surface area (Å²) in [6.07, 6.45) is 2.23. The van der Waals surface area contributed by atoms with E-state index in [1.165, 1.54) is 24.4 Å². The van der Waals surface area contributed by atoms with Crippen molar-refractivity contribution in [1.29, 1.82) is 0 Å². The van der Waals surface area contributed by atoms with Gasteiger partial charge in [0, 0.05) is 28.5 Å². The smallest absolute Gasteiger partial charge is 0.270 e. The Bertz CT molecular complexity index is 780. The van der Waals surface area contributed by atoms with Gasteiger partial charge in [-0.1, -0.05) is 18.5 Å². The van der Waals surface area contributed by atoms with Crippen molar-refractivity contribution < 1.29 is 14.7 Å². The van der Waals surface area contributed by atoms with Crippen molar-refractivity contribution in [3.63, 3.8) is 0 Å². The molecule has 25 heavy (non-hydrogen) atoms. The Morgan fingerprint density at radius 1 is 1.28 bits per heavy atom. The fourth-order valence-electron chi connectivity index (χ4n) is 2.11. The molecule has 7 heteroatoms. The van der Waals surface area contributed by atoms with Crippen LogP contribution in [0.1, 0.15) is 36.3 Å². The van der Waals surface area contributed by atoms with Gasteiger partial charge in [0.25, 0.3) is 5.91 Å². The van der Waals surface area contributed by atoms with E-state index in [9.17, 15) is 14.7 Å². The number of hydrogen-bond donors (Lipinski definition) is 3. The van der Waals surface area contributed by atoms with Crippen LogP contribution in [0.25, 0.3) is 0 Å². The second-order valence-corrected chi connectivity index (χ2v) is 6.15. The van der Waals surface area contributed by atoms with Gasteiger partial charge >= 0.3 is 0 Å². The third kappa shape index (κ3) is 5.46. The van der Waals surface area contributed by atoms with Gasteiger partial charge in [0.05, 0.1) is 6.42 Å². The first-order valence-electron chi connectivity index (χ1n) is 7.93. The van der Waals surface area contributed by atoms with Crippen molar-refractivity contribution in [3.8, 4) is 5.75 Å². The third-order valence-electron chi connectivity index (χ3n) is 3.66. The molecule has 132 valence electrons. The molecule has 2 rings (SSSR count). The van der Waals surface area contributed by atoms with E-state index in [1.54, 1.807) is 12.1 Å². The Hall–Kier alpha value is -2.60. The second-order valence-electron chi connectivity index (χ2n) is 5.71. The van der Waals surface area contributed by atoms with E-state index in [4.69, 9.17) is 11.6 Å². The normalized spacial score (nSPS) is 11.6. The molecule has 1 heterocycles. The van der Waals surface area contributed by atoms with Crippen LogP contribution >= 0.6 is 11.6 Å². The number of halogens is 1. The van der Waals surface area contributed by atoms with Crippen LogP contribution in [-0.2, 0) is 11.2 Å². The van der Waals surface area contributed by atoms with E-state index in [1.807, 2.05) is 13.8 Å². The van der Waals surface area contributed by atoms with E-state index < -0.39 is 0 Å². The van der Waals surface area contributed by atoms with Crippen LogP contribution in [0.2, 0.25) is 5.02 Å². The fourth-order valence-corrected chi connectivity index (χ4v) is 2.30. The lowest BCUT2D eigenvalue weighted by Crippen LogP contribution is -2.32. The lowest BCUT2D eigenvalue weighted by atomic mass is 10.1. The van der Waals surface area contributed by atoms with Gasteiger partial charge in [0.15, 0.2) is 0 Å². The molecule has 2 aromatic rings. The number of hydrogen-bond acceptors (Lipinski definition) is 4. The van der Waals surface area contributed by atoms with Gasteiger partial charge < -0.3 is 15.7 Å². The summed E-state index contributed by atoms with van der Waals surface area (Å²) in [5.74, 6) is -0.627. The Balaban J connectivity index is 2.05. The quantitative estimate of drug-likeness (QED) is 0.737. The zero-order valence-electron chi connectivity index (χ0n) is 14.0. The molecule has 0 aliphatic rings. The summed E-state index contributed by atoms with van der Waals surface area (Å²) in [5, 5.41) is 15.7. The van der Waals surface area contributed by atoms with Crippen LogP contribution in [-0.4, -0.2) is 27.9 Å². The first-order chi connectivity index (χ1) is 11.9. The molecule has 2 amide bonds. The van der Waals surface area contributed by atoms with Crippen LogP contribution in [0.4, 0.5) is 5.69 Å². The summed E-state index contributed by atoms with van der Waals surface area (Å²) in [7, 11) is 0. The van der Waals surface area contributed by atoms with Gasteiger partial charge in [0.2, 0.25) is 5.91 Å². The predicted molar refractivity (Wildman–Crippen MR) is 96.9 cm³/mol. The van der Waals surface area contributed by atoms with Crippen LogP contribution < -0.4 is 10.6 Å². The van der Waals surface area contributed by atoms with E-state index >= 15 is 0 Å². The van der Waals surface area contributed by atoms with E-state index in [0.29, 0.717) is 16.3 Å². The number of phenols is 1. The number of aromatic nitrogens is 1. The third-order valence-corrected chi connectivity index (χ3v) is 3.89. The molecule has 6 nitrogen and oxygen atoms in total. The standard InChI is InChI=1S/C18H20ClN3O3/c1-3-11(2)21-18(25)15-10-14(6-7-20-15)22-17(24)9-12-8-13(19)4-5-16(12)23/h4-8,10-11,23H,3,9H2,1-2H3,(H,21,25)(H,20,22,24). The van der Waals surface area contributed by atoms with Gasteiger partial charge in [-0.2, -0.15) is 0 Å². The molecule has 0 aliphatic heterocycles. The zero-order chi connectivity index (χ0) is 18.4. The lowest BCUT2D eigenvalue weighted by Gasteiger charge is -2.12. The lowest BCUT2D eigenvalue weighted by molar-refractivity contribution is -0.115. The highest BCUT2D eigenvalue weighted by Gasteiger charge is 2.13. The molecule has 3 N–H and O–H groups in total. The summed E-state index contributed by atoms with van der Waals surface area (Å²) in [5.41, 5.74) is 1.10. The summed E-state index contributed by atoms with van der Waals surface area (Å²) < 4.78 is 0. The van der Waals surface area contributed by atoms with Gasteiger partial charge in [-0.15, -0.1) is 0 Å². The van der Waals surface area contributed by atoms with E-state index in [0.717, 1.165) is 6.42 Å². The van der Waals surface area contributed by atoms with Crippen LogP contribution in [0.3, 0.4) is 0 Å². The zero-order valence-corrected chi connectivity index (χ0v) is 14.8. The maximum Gasteiger partial charge on any atom is 0.270 e. The first kappa shape index (κ1) is 18.7. The monoisotopic (exact) mass is 361 g/mol. The second kappa shape index (κ2) is 8.48. The number of nitrogens with one attached hydrogen (secondary N) is 2. The number of amides is 2. The van der Waals surface area contributed by atoms with E-state index in [2.05, 4.69) is 15.6 Å². The van der Waals surface area contributed by atoms with Gasteiger partial charge in [-0.25, -0.2) is 0 Å². The van der Waals surface area contributed by atoms with Crippen LogP contribution in [0.5, 0.6) is 5.75 Å². The summed E-state index contributed by atoms with van der Waals surface area (Å²) in [4.78, 5) is 28.3. The Morgan fingerprint density at radius 3 is 2.76 bits per heavy atom. The number of carbonyl (C=O) groups excluding carboxylic acids is 2. The molecule has 0 spiro atoms. The number of nitrogens with zero attached hydrogens (tertiary/aromatic N) is 1. The van der Waals surface area contributed by atoms with Crippen molar-refractivity contribution in [2.24, 2.45) is 0 Å². The number of phenolic OH excluding ortho intramolecular Hbond substituents is 1. The minimum atomic E-state index is -0.336. The topological polar surface area (TPSA) is 91.3 Å². The molecule has 1 aromatic heterocycles. The van der Waals surface area contributed by atoms with Gasteiger partial charge in [0.1, 0.15) is 11.4 Å². The fraction of sp³-hybridized carbons (Fsp3) is 0.278. The van der Waals surface area contributed by atoms with Gasteiger partial charge in [-0.05, 0) is 43.7 Å². The number of benzene rings is 1. The van der Waals surface area contributed by atoms with E-state index in [-0.39, 0.29) is 35.7 Å².